The highest BCUT2D eigenvalue weighted by Gasteiger charge is 2.17. The first-order valence-electron chi connectivity index (χ1n) is 7.48. The number of anilines is 2. The summed E-state index contributed by atoms with van der Waals surface area (Å²) in [5, 5.41) is 3.51. The molecule has 0 aliphatic carbocycles. The Kier molecular flexibility index (Phi) is 3.92. The first-order chi connectivity index (χ1) is 9.33. The van der Waals surface area contributed by atoms with Crippen LogP contribution in [0.25, 0.3) is 0 Å². The minimum absolute atomic E-state index is 0.683. The van der Waals surface area contributed by atoms with E-state index in [-0.39, 0.29) is 0 Å². The van der Waals surface area contributed by atoms with Gasteiger partial charge in [0, 0.05) is 38.1 Å². The van der Waals surface area contributed by atoms with Crippen molar-refractivity contribution in [2.45, 2.75) is 25.7 Å². The Morgan fingerprint density at radius 2 is 2.32 bits per heavy atom. The molecule has 3 rings (SSSR count). The van der Waals surface area contributed by atoms with Crippen molar-refractivity contribution in [2.75, 3.05) is 43.6 Å². The van der Waals surface area contributed by atoms with Gasteiger partial charge >= 0.3 is 0 Å². The number of fused-ring (bicyclic) bond motifs is 1. The van der Waals surface area contributed by atoms with Crippen LogP contribution in [0.4, 0.5) is 11.4 Å². The third-order valence-electron chi connectivity index (χ3n) is 4.26. The van der Waals surface area contributed by atoms with Gasteiger partial charge in [-0.1, -0.05) is 6.07 Å². The first kappa shape index (κ1) is 12.8. The molecule has 0 radical (unpaired) electrons. The summed E-state index contributed by atoms with van der Waals surface area (Å²) in [6.45, 7) is 4.08. The predicted molar refractivity (Wildman–Crippen MR) is 80.1 cm³/mol. The van der Waals surface area contributed by atoms with E-state index in [1.807, 2.05) is 0 Å². The van der Waals surface area contributed by atoms with E-state index in [0.717, 1.165) is 26.3 Å². The van der Waals surface area contributed by atoms with Gasteiger partial charge in [0.15, 0.2) is 0 Å². The highest BCUT2D eigenvalue weighted by atomic mass is 16.5. The van der Waals surface area contributed by atoms with Gasteiger partial charge < -0.3 is 15.0 Å². The molecule has 0 saturated carbocycles. The average molecular weight is 260 g/mol. The van der Waals surface area contributed by atoms with Crippen molar-refractivity contribution in [1.29, 1.82) is 0 Å². The number of nitrogens with one attached hydrogen (secondary N) is 1. The number of hydrogen-bond donors (Lipinski definition) is 1. The fourth-order valence-electron chi connectivity index (χ4n) is 3.13. The van der Waals surface area contributed by atoms with Gasteiger partial charge in [0.05, 0.1) is 6.61 Å². The van der Waals surface area contributed by atoms with Crippen molar-refractivity contribution in [2.24, 2.45) is 5.92 Å². The normalized spacial score (nSPS) is 22.5. The summed E-state index contributed by atoms with van der Waals surface area (Å²) in [7, 11) is 2.19. The number of hydrogen-bond acceptors (Lipinski definition) is 3. The van der Waals surface area contributed by atoms with E-state index < -0.39 is 0 Å². The van der Waals surface area contributed by atoms with Crippen LogP contribution in [-0.4, -0.2) is 33.4 Å². The zero-order chi connectivity index (χ0) is 13.1. The lowest BCUT2D eigenvalue weighted by atomic mass is 10.0. The van der Waals surface area contributed by atoms with Gasteiger partial charge in [0.1, 0.15) is 0 Å². The SMILES string of the molecule is CN(CC1CCCOC1)c1ccc2c(c1)NCCC2. The largest absolute Gasteiger partial charge is 0.385 e. The van der Waals surface area contributed by atoms with Crippen molar-refractivity contribution in [1.82, 2.24) is 0 Å². The van der Waals surface area contributed by atoms with E-state index in [9.17, 15) is 0 Å². The summed E-state index contributed by atoms with van der Waals surface area (Å²) in [6, 6.07) is 6.85. The molecule has 1 aromatic rings. The zero-order valence-corrected chi connectivity index (χ0v) is 11.8. The van der Waals surface area contributed by atoms with E-state index in [1.54, 1.807) is 0 Å². The van der Waals surface area contributed by atoms with Crippen LogP contribution in [0.5, 0.6) is 0 Å². The van der Waals surface area contributed by atoms with Gasteiger partial charge in [-0.05, 0) is 49.3 Å². The highest BCUT2D eigenvalue weighted by Crippen LogP contribution is 2.28. The molecule has 104 valence electrons. The van der Waals surface area contributed by atoms with E-state index in [1.165, 1.54) is 42.6 Å². The van der Waals surface area contributed by atoms with E-state index in [4.69, 9.17) is 4.74 Å². The Morgan fingerprint density at radius 1 is 1.37 bits per heavy atom. The highest BCUT2D eigenvalue weighted by molar-refractivity contribution is 5.63. The molecule has 1 unspecified atom stereocenters. The van der Waals surface area contributed by atoms with Crippen LogP contribution in [0.3, 0.4) is 0 Å². The number of rotatable bonds is 3. The average Bonchev–Trinajstić information content (AvgIpc) is 2.48. The molecule has 0 bridgehead atoms. The second kappa shape index (κ2) is 5.83. The molecule has 2 aliphatic heterocycles. The smallest absolute Gasteiger partial charge is 0.0511 e. The maximum atomic E-state index is 5.57. The molecule has 0 amide bonds. The van der Waals surface area contributed by atoms with Gasteiger partial charge in [-0.25, -0.2) is 0 Å². The molecule has 1 aromatic carbocycles. The molecule has 2 aliphatic rings. The van der Waals surface area contributed by atoms with Crippen LogP contribution in [0.2, 0.25) is 0 Å². The molecule has 1 fully saturated rings. The summed E-state index contributed by atoms with van der Waals surface area (Å²) in [5.74, 6) is 0.683. The van der Waals surface area contributed by atoms with Crippen LogP contribution in [0, 0.1) is 5.92 Å². The van der Waals surface area contributed by atoms with Crippen LogP contribution in [0.1, 0.15) is 24.8 Å². The number of benzene rings is 1. The van der Waals surface area contributed by atoms with E-state index in [0.29, 0.717) is 5.92 Å². The molecule has 1 atom stereocenters. The van der Waals surface area contributed by atoms with Crippen LogP contribution in [-0.2, 0) is 11.2 Å². The molecule has 1 saturated heterocycles. The Morgan fingerprint density at radius 3 is 3.16 bits per heavy atom. The molecule has 19 heavy (non-hydrogen) atoms. The lowest BCUT2D eigenvalue weighted by molar-refractivity contribution is 0.0576. The summed E-state index contributed by atoms with van der Waals surface area (Å²) in [6.07, 6.45) is 4.97. The molecule has 2 heterocycles. The van der Waals surface area contributed by atoms with Gasteiger partial charge in [0.25, 0.3) is 0 Å². The molecule has 1 N–H and O–H groups in total. The Hall–Kier alpha value is -1.22. The van der Waals surface area contributed by atoms with Crippen molar-refractivity contribution in [3.63, 3.8) is 0 Å². The maximum absolute atomic E-state index is 5.57. The minimum Gasteiger partial charge on any atom is -0.385 e. The first-order valence-corrected chi connectivity index (χ1v) is 7.48. The molecular formula is C16H24N2O. The molecule has 0 aromatic heterocycles. The minimum atomic E-state index is 0.683. The summed E-state index contributed by atoms with van der Waals surface area (Å²) >= 11 is 0. The Bertz CT molecular complexity index is 427. The van der Waals surface area contributed by atoms with E-state index >= 15 is 0 Å². The lowest BCUT2D eigenvalue weighted by Gasteiger charge is -2.29. The monoisotopic (exact) mass is 260 g/mol. The fraction of sp³-hybridized carbons (Fsp3) is 0.625. The standard InChI is InChI=1S/C16H24N2O/c1-18(11-13-4-3-9-19-12-13)15-7-6-14-5-2-8-17-16(14)10-15/h6-7,10,13,17H,2-5,8-9,11-12H2,1H3. The fourth-order valence-corrected chi connectivity index (χ4v) is 3.13. The second-order valence-corrected chi connectivity index (χ2v) is 5.84. The summed E-state index contributed by atoms with van der Waals surface area (Å²) in [5.41, 5.74) is 4.11. The Labute approximate surface area is 115 Å². The quantitative estimate of drug-likeness (QED) is 0.904. The van der Waals surface area contributed by atoms with Crippen molar-refractivity contribution in [3.8, 4) is 0 Å². The van der Waals surface area contributed by atoms with E-state index in [2.05, 4.69) is 35.5 Å². The van der Waals surface area contributed by atoms with Crippen LogP contribution in [0.15, 0.2) is 18.2 Å². The third-order valence-corrected chi connectivity index (χ3v) is 4.26. The summed E-state index contributed by atoms with van der Waals surface area (Å²) in [4.78, 5) is 2.37. The topological polar surface area (TPSA) is 24.5 Å². The Balaban J connectivity index is 1.67. The number of ether oxygens (including phenoxy) is 1. The summed E-state index contributed by atoms with van der Waals surface area (Å²) < 4.78 is 5.57. The van der Waals surface area contributed by atoms with Crippen molar-refractivity contribution >= 4 is 11.4 Å². The number of aryl methyl sites for hydroxylation is 1. The van der Waals surface area contributed by atoms with Crippen LogP contribution < -0.4 is 10.2 Å². The maximum Gasteiger partial charge on any atom is 0.0511 e. The zero-order valence-electron chi connectivity index (χ0n) is 11.8. The second-order valence-electron chi connectivity index (χ2n) is 5.84. The van der Waals surface area contributed by atoms with Gasteiger partial charge in [0.2, 0.25) is 0 Å². The lowest BCUT2D eigenvalue weighted by Crippen LogP contribution is -2.31. The molecule has 3 heteroatoms. The van der Waals surface area contributed by atoms with Crippen LogP contribution >= 0.6 is 0 Å². The molecule has 3 nitrogen and oxygen atoms in total. The number of nitrogens with zero attached hydrogens (tertiary/aromatic N) is 1. The molecule has 0 spiro atoms. The molecular weight excluding hydrogens is 236 g/mol. The predicted octanol–water partition coefficient (Wildman–Crippen LogP) is 2.91. The van der Waals surface area contributed by atoms with Gasteiger partial charge in [-0.15, -0.1) is 0 Å². The van der Waals surface area contributed by atoms with Crippen molar-refractivity contribution < 1.29 is 4.74 Å². The van der Waals surface area contributed by atoms with Gasteiger partial charge in [-0.3, -0.25) is 0 Å². The van der Waals surface area contributed by atoms with Gasteiger partial charge in [-0.2, -0.15) is 0 Å². The van der Waals surface area contributed by atoms with Crippen molar-refractivity contribution in [3.05, 3.63) is 23.8 Å². The third kappa shape index (κ3) is 3.03.